The van der Waals surface area contributed by atoms with E-state index >= 15 is 0 Å². The van der Waals surface area contributed by atoms with Crippen molar-refractivity contribution in [3.05, 3.63) is 33.8 Å². The Balaban J connectivity index is 2.35. The fraction of sp³-hybridized carbons (Fsp3) is 0.538. The Bertz CT molecular complexity index is 335. The zero-order chi connectivity index (χ0) is 12.8. The van der Waals surface area contributed by atoms with Gasteiger partial charge in [-0.15, -0.1) is 0 Å². The highest BCUT2D eigenvalue weighted by atomic mass is 35.5. The molecule has 0 amide bonds. The van der Waals surface area contributed by atoms with Crippen LogP contribution in [0.4, 0.5) is 0 Å². The first-order valence-electron chi connectivity index (χ1n) is 5.81. The summed E-state index contributed by atoms with van der Waals surface area (Å²) < 4.78 is 0. The van der Waals surface area contributed by atoms with Crippen molar-refractivity contribution < 1.29 is 5.11 Å². The van der Waals surface area contributed by atoms with Crippen molar-refractivity contribution >= 4 is 23.2 Å². The fourth-order valence-electron chi connectivity index (χ4n) is 1.84. The molecule has 0 aliphatic rings. The first-order chi connectivity index (χ1) is 7.97. The van der Waals surface area contributed by atoms with Crippen LogP contribution in [0.2, 0.25) is 10.0 Å². The first kappa shape index (κ1) is 14.8. The third-order valence-electron chi connectivity index (χ3n) is 2.49. The van der Waals surface area contributed by atoms with Crippen LogP contribution in [0.3, 0.4) is 0 Å². The summed E-state index contributed by atoms with van der Waals surface area (Å²) in [5.74, 6) is 0.449. The van der Waals surface area contributed by atoms with Gasteiger partial charge in [0.25, 0.3) is 0 Å². The summed E-state index contributed by atoms with van der Waals surface area (Å²) in [4.78, 5) is 0. The van der Waals surface area contributed by atoms with Gasteiger partial charge in [-0.1, -0.05) is 30.1 Å². The lowest BCUT2D eigenvalue weighted by atomic mass is 10.0. The van der Waals surface area contributed by atoms with Gasteiger partial charge < -0.3 is 10.4 Å². The number of halogens is 2. The van der Waals surface area contributed by atoms with Crippen LogP contribution in [0.15, 0.2) is 18.2 Å². The van der Waals surface area contributed by atoms with Crippen LogP contribution in [-0.4, -0.2) is 17.8 Å². The van der Waals surface area contributed by atoms with Gasteiger partial charge in [0.2, 0.25) is 0 Å². The lowest BCUT2D eigenvalue weighted by molar-refractivity contribution is 0.163. The maximum Gasteiger partial charge on any atom is 0.0515 e. The van der Waals surface area contributed by atoms with E-state index in [9.17, 15) is 5.11 Å². The molecular weight excluding hydrogens is 257 g/mol. The minimum Gasteiger partial charge on any atom is -0.393 e. The van der Waals surface area contributed by atoms with Crippen molar-refractivity contribution in [3.8, 4) is 0 Å². The standard InChI is InChI=1S/C13H19Cl2NO/c1-9(3-10(2)17)7-16-8-11-4-12(14)6-13(15)5-11/h4-6,9-10,16-17H,3,7-8H2,1-2H3. The maximum absolute atomic E-state index is 9.25. The second-order valence-electron chi connectivity index (χ2n) is 4.60. The van der Waals surface area contributed by atoms with Crippen LogP contribution < -0.4 is 5.32 Å². The predicted molar refractivity (Wildman–Crippen MR) is 73.6 cm³/mol. The molecule has 0 saturated heterocycles. The lowest BCUT2D eigenvalue weighted by Crippen LogP contribution is -2.23. The van der Waals surface area contributed by atoms with E-state index in [1.807, 2.05) is 19.1 Å². The summed E-state index contributed by atoms with van der Waals surface area (Å²) in [5, 5.41) is 13.9. The molecule has 2 atom stereocenters. The summed E-state index contributed by atoms with van der Waals surface area (Å²) in [5.41, 5.74) is 1.08. The number of aliphatic hydroxyl groups excluding tert-OH is 1. The van der Waals surface area contributed by atoms with E-state index in [2.05, 4.69) is 12.2 Å². The van der Waals surface area contributed by atoms with Gasteiger partial charge >= 0.3 is 0 Å². The molecule has 0 radical (unpaired) electrons. The highest BCUT2D eigenvalue weighted by Gasteiger charge is 2.05. The van der Waals surface area contributed by atoms with E-state index in [0.717, 1.165) is 25.1 Å². The second-order valence-corrected chi connectivity index (χ2v) is 5.47. The number of nitrogens with one attached hydrogen (secondary N) is 1. The van der Waals surface area contributed by atoms with Crippen LogP contribution in [0.1, 0.15) is 25.8 Å². The number of hydrogen-bond donors (Lipinski definition) is 2. The van der Waals surface area contributed by atoms with Gasteiger partial charge in [-0.3, -0.25) is 0 Å². The van der Waals surface area contributed by atoms with Crippen LogP contribution >= 0.6 is 23.2 Å². The molecule has 0 fully saturated rings. The predicted octanol–water partition coefficient (Wildman–Crippen LogP) is 3.49. The molecule has 2 unspecified atom stereocenters. The van der Waals surface area contributed by atoms with Crippen molar-refractivity contribution in [2.24, 2.45) is 5.92 Å². The van der Waals surface area contributed by atoms with Crippen molar-refractivity contribution in [2.45, 2.75) is 32.9 Å². The molecule has 17 heavy (non-hydrogen) atoms. The first-order valence-corrected chi connectivity index (χ1v) is 6.56. The van der Waals surface area contributed by atoms with Crippen LogP contribution in [0, 0.1) is 5.92 Å². The number of aliphatic hydroxyl groups is 1. The number of benzene rings is 1. The molecule has 2 N–H and O–H groups in total. The molecular formula is C13H19Cl2NO. The monoisotopic (exact) mass is 275 g/mol. The quantitative estimate of drug-likeness (QED) is 0.833. The van der Waals surface area contributed by atoms with Crippen molar-refractivity contribution in [1.82, 2.24) is 5.32 Å². The summed E-state index contributed by atoms with van der Waals surface area (Å²) >= 11 is 11.8. The van der Waals surface area contributed by atoms with Crippen molar-refractivity contribution in [3.63, 3.8) is 0 Å². The smallest absolute Gasteiger partial charge is 0.0515 e. The van der Waals surface area contributed by atoms with Gasteiger partial charge in [-0.05, 0) is 49.6 Å². The van der Waals surface area contributed by atoms with Crippen molar-refractivity contribution in [2.75, 3.05) is 6.54 Å². The van der Waals surface area contributed by atoms with E-state index in [1.54, 1.807) is 6.07 Å². The van der Waals surface area contributed by atoms with Gasteiger partial charge in [0, 0.05) is 16.6 Å². The van der Waals surface area contributed by atoms with Gasteiger partial charge in [0.05, 0.1) is 6.10 Å². The van der Waals surface area contributed by atoms with Gasteiger partial charge in [-0.2, -0.15) is 0 Å². The van der Waals surface area contributed by atoms with E-state index in [-0.39, 0.29) is 6.10 Å². The Labute approximate surface area is 113 Å². The average Bonchev–Trinajstić information content (AvgIpc) is 2.14. The molecule has 0 aliphatic heterocycles. The zero-order valence-corrected chi connectivity index (χ0v) is 11.7. The largest absolute Gasteiger partial charge is 0.393 e. The molecule has 0 bridgehead atoms. The van der Waals surface area contributed by atoms with Crippen LogP contribution in [-0.2, 0) is 6.54 Å². The van der Waals surface area contributed by atoms with E-state index in [4.69, 9.17) is 23.2 Å². The third kappa shape index (κ3) is 6.27. The van der Waals surface area contributed by atoms with Gasteiger partial charge in [0.15, 0.2) is 0 Å². The van der Waals surface area contributed by atoms with E-state index in [1.165, 1.54) is 0 Å². The molecule has 96 valence electrons. The lowest BCUT2D eigenvalue weighted by Gasteiger charge is -2.14. The minimum atomic E-state index is -0.243. The molecule has 0 aromatic heterocycles. The normalized spacial score (nSPS) is 14.6. The SMILES string of the molecule is CC(O)CC(C)CNCc1cc(Cl)cc(Cl)c1. The van der Waals surface area contributed by atoms with Gasteiger partial charge in [0.1, 0.15) is 0 Å². The number of rotatable bonds is 6. The fourth-order valence-corrected chi connectivity index (χ4v) is 2.41. The molecule has 2 nitrogen and oxygen atoms in total. The molecule has 0 saturated carbocycles. The van der Waals surface area contributed by atoms with Gasteiger partial charge in [-0.25, -0.2) is 0 Å². The molecule has 4 heteroatoms. The van der Waals surface area contributed by atoms with Crippen LogP contribution in [0.25, 0.3) is 0 Å². The summed E-state index contributed by atoms with van der Waals surface area (Å²) in [7, 11) is 0. The molecule has 1 rings (SSSR count). The maximum atomic E-state index is 9.25. The number of hydrogen-bond acceptors (Lipinski definition) is 2. The summed E-state index contributed by atoms with van der Waals surface area (Å²) in [6, 6.07) is 5.53. The molecule has 0 spiro atoms. The Morgan fingerprint density at radius 1 is 1.18 bits per heavy atom. The Morgan fingerprint density at radius 3 is 2.29 bits per heavy atom. The Kier molecular flexibility index (Phi) is 6.28. The molecule has 0 aliphatic carbocycles. The van der Waals surface area contributed by atoms with Crippen molar-refractivity contribution in [1.29, 1.82) is 0 Å². The van der Waals surface area contributed by atoms with Crippen LogP contribution in [0.5, 0.6) is 0 Å². The van der Waals surface area contributed by atoms with E-state index < -0.39 is 0 Å². The third-order valence-corrected chi connectivity index (χ3v) is 2.92. The Morgan fingerprint density at radius 2 is 1.76 bits per heavy atom. The molecule has 1 aromatic rings. The summed E-state index contributed by atoms with van der Waals surface area (Å²) in [6.07, 6.45) is 0.566. The zero-order valence-electron chi connectivity index (χ0n) is 10.2. The summed E-state index contributed by atoms with van der Waals surface area (Å²) in [6.45, 7) is 5.54. The molecule has 1 aromatic carbocycles. The average molecular weight is 276 g/mol. The highest BCUT2D eigenvalue weighted by molar-refractivity contribution is 6.34. The topological polar surface area (TPSA) is 32.3 Å². The van der Waals surface area contributed by atoms with E-state index in [0.29, 0.717) is 16.0 Å². The highest BCUT2D eigenvalue weighted by Crippen LogP contribution is 2.18. The molecule has 0 heterocycles. The Hall–Kier alpha value is -0.280. The minimum absolute atomic E-state index is 0.243. The second kappa shape index (κ2) is 7.22.